The Morgan fingerprint density at radius 1 is 1.35 bits per heavy atom. The number of benzene rings is 1. The molecule has 2 aromatic rings. The van der Waals surface area contributed by atoms with Gasteiger partial charge in [-0.3, -0.25) is 4.72 Å². The Hall–Kier alpha value is -1.54. The van der Waals surface area contributed by atoms with Crippen LogP contribution in [0.5, 0.6) is 0 Å². The van der Waals surface area contributed by atoms with Crippen LogP contribution in [0.4, 0.5) is 9.52 Å². The van der Waals surface area contributed by atoms with Crippen molar-refractivity contribution in [3.05, 3.63) is 41.2 Å². The molecule has 0 fully saturated rings. The first kappa shape index (κ1) is 11.9. The van der Waals surface area contributed by atoms with Crippen molar-refractivity contribution < 1.29 is 12.8 Å². The molecule has 0 radical (unpaired) electrons. The highest BCUT2D eigenvalue weighted by atomic mass is 32.2. The molecule has 90 valence electrons. The summed E-state index contributed by atoms with van der Waals surface area (Å²) in [4.78, 5) is 0. The van der Waals surface area contributed by atoms with Crippen molar-refractivity contribution in [2.45, 2.75) is 5.75 Å². The van der Waals surface area contributed by atoms with Gasteiger partial charge in [0.05, 0.1) is 5.75 Å². The van der Waals surface area contributed by atoms with Gasteiger partial charge in [-0.1, -0.05) is 29.5 Å². The average Bonchev–Trinajstić information content (AvgIpc) is 2.73. The van der Waals surface area contributed by atoms with Gasteiger partial charge in [-0.05, 0) is 6.07 Å². The Kier molecular flexibility index (Phi) is 3.34. The van der Waals surface area contributed by atoms with Gasteiger partial charge in [0.15, 0.2) is 0 Å². The zero-order valence-corrected chi connectivity index (χ0v) is 10.1. The smallest absolute Gasteiger partial charge is 0.238 e. The van der Waals surface area contributed by atoms with Crippen molar-refractivity contribution in [2.75, 3.05) is 4.72 Å². The van der Waals surface area contributed by atoms with Crippen LogP contribution in [0.15, 0.2) is 29.8 Å². The molecule has 8 heteroatoms. The summed E-state index contributed by atoms with van der Waals surface area (Å²) in [6.45, 7) is 0. The molecule has 1 N–H and O–H groups in total. The van der Waals surface area contributed by atoms with Gasteiger partial charge in [-0.25, -0.2) is 12.8 Å². The third-order valence-electron chi connectivity index (χ3n) is 1.91. The van der Waals surface area contributed by atoms with Crippen molar-refractivity contribution >= 4 is 26.5 Å². The molecule has 0 saturated carbocycles. The van der Waals surface area contributed by atoms with Gasteiger partial charge in [-0.2, -0.15) is 0 Å². The largest absolute Gasteiger partial charge is 0.257 e. The number of hydrogen-bond donors (Lipinski definition) is 1. The predicted octanol–water partition coefficient (Wildman–Crippen LogP) is 1.62. The maximum Gasteiger partial charge on any atom is 0.238 e. The van der Waals surface area contributed by atoms with E-state index in [-0.39, 0.29) is 10.7 Å². The number of anilines is 1. The van der Waals surface area contributed by atoms with Crippen LogP contribution < -0.4 is 4.72 Å². The van der Waals surface area contributed by atoms with E-state index < -0.39 is 21.6 Å². The van der Waals surface area contributed by atoms with Gasteiger partial charge in [0.2, 0.25) is 15.2 Å². The van der Waals surface area contributed by atoms with Crippen molar-refractivity contribution in [2.24, 2.45) is 0 Å². The second-order valence-corrected chi connectivity index (χ2v) is 5.75. The van der Waals surface area contributed by atoms with Crippen LogP contribution >= 0.6 is 11.3 Å². The zero-order valence-electron chi connectivity index (χ0n) is 8.50. The minimum Gasteiger partial charge on any atom is -0.257 e. The fourth-order valence-electron chi connectivity index (χ4n) is 1.21. The molecular weight excluding hydrogens is 265 g/mol. The van der Waals surface area contributed by atoms with E-state index in [9.17, 15) is 12.8 Å². The summed E-state index contributed by atoms with van der Waals surface area (Å²) in [7, 11) is -3.66. The standard InChI is InChI=1S/C9H8FN3O2S2/c10-8-4-2-1-3-7(8)5-17(14,15)13-9-12-11-6-16-9/h1-4,6H,5H2,(H,12,13). The number of hydrogen-bond acceptors (Lipinski definition) is 5. The van der Waals surface area contributed by atoms with E-state index in [1.807, 2.05) is 0 Å². The van der Waals surface area contributed by atoms with E-state index in [0.29, 0.717) is 0 Å². The molecule has 17 heavy (non-hydrogen) atoms. The quantitative estimate of drug-likeness (QED) is 0.918. The SMILES string of the molecule is O=S(=O)(Cc1ccccc1F)Nc1nncs1. The molecule has 2 rings (SSSR count). The van der Waals surface area contributed by atoms with Crippen LogP contribution in [-0.2, 0) is 15.8 Å². The van der Waals surface area contributed by atoms with Crippen LogP contribution in [0.1, 0.15) is 5.56 Å². The first-order valence-corrected chi connectivity index (χ1v) is 7.10. The Morgan fingerprint density at radius 2 is 2.12 bits per heavy atom. The monoisotopic (exact) mass is 273 g/mol. The summed E-state index contributed by atoms with van der Waals surface area (Å²) in [6.07, 6.45) is 0. The highest BCUT2D eigenvalue weighted by Crippen LogP contribution is 2.15. The maximum absolute atomic E-state index is 13.3. The molecular formula is C9H8FN3O2S2. The highest BCUT2D eigenvalue weighted by molar-refractivity contribution is 7.92. The van der Waals surface area contributed by atoms with E-state index >= 15 is 0 Å². The second kappa shape index (κ2) is 4.76. The molecule has 1 heterocycles. The number of aromatic nitrogens is 2. The van der Waals surface area contributed by atoms with Crippen LogP contribution in [-0.4, -0.2) is 18.6 Å². The number of nitrogens with zero attached hydrogens (tertiary/aromatic N) is 2. The minimum atomic E-state index is -3.66. The fraction of sp³-hybridized carbons (Fsp3) is 0.111. The summed E-state index contributed by atoms with van der Waals surface area (Å²) in [6, 6.07) is 5.73. The molecule has 0 unspecified atom stereocenters. The lowest BCUT2D eigenvalue weighted by Gasteiger charge is -2.05. The van der Waals surface area contributed by atoms with Crippen LogP contribution in [0.3, 0.4) is 0 Å². The molecule has 5 nitrogen and oxygen atoms in total. The Bertz CT molecular complexity index is 598. The van der Waals surface area contributed by atoms with Crippen molar-refractivity contribution in [3.63, 3.8) is 0 Å². The summed E-state index contributed by atoms with van der Waals surface area (Å²) in [5.74, 6) is -0.977. The number of halogens is 1. The molecule has 0 bridgehead atoms. The molecule has 0 aliphatic rings. The highest BCUT2D eigenvalue weighted by Gasteiger charge is 2.15. The lowest BCUT2D eigenvalue weighted by atomic mass is 10.2. The maximum atomic E-state index is 13.3. The number of sulfonamides is 1. The molecule has 1 aromatic carbocycles. The van der Waals surface area contributed by atoms with Crippen LogP contribution in [0.2, 0.25) is 0 Å². The van der Waals surface area contributed by atoms with Gasteiger partial charge >= 0.3 is 0 Å². The average molecular weight is 273 g/mol. The fourth-order valence-corrected chi connectivity index (χ4v) is 3.09. The van der Waals surface area contributed by atoms with E-state index in [0.717, 1.165) is 11.3 Å². The third-order valence-corrected chi connectivity index (χ3v) is 3.84. The predicted molar refractivity (Wildman–Crippen MR) is 62.6 cm³/mol. The lowest BCUT2D eigenvalue weighted by molar-refractivity contribution is 0.591. The van der Waals surface area contributed by atoms with Gasteiger partial charge < -0.3 is 0 Å². The molecule has 0 amide bonds. The van der Waals surface area contributed by atoms with Gasteiger partial charge in [0.1, 0.15) is 11.3 Å². The molecule has 0 atom stereocenters. The van der Waals surface area contributed by atoms with Crippen molar-refractivity contribution in [1.82, 2.24) is 10.2 Å². The zero-order chi connectivity index (χ0) is 12.3. The summed E-state index contributed by atoms with van der Waals surface area (Å²) in [5.41, 5.74) is 1.52. The second-order valence-electron chi connectivity index (χ2n) is 3.20. The summed E-state index contributed by atoms with van der Waals surface area (Å²) < 4.78 is 38.9. The van der Waals surface area contributed by atoms with Crippen molar-refractivity contribution in [1.29, 1.82) is 0 Å². The van der Waals surface area contributed by atoms with Gasteiger partial charge in [0, 0.05) is 5.56 Å². The first-order chi connectivity index (χ1) is 8.07. The normalized spacial score (nSPS) is 11.4. The summed E-state index contributed by atoms with van der Waals surface area (Å²) in [5, 5.41) is 7.22. The van der Waals surface area contributed by atoms with E-state index in [1.54, 1.807) is 6.07 Å². The first-order valence-electron chi connectivity index (χ1n) is 4.57. The molecule has 0 spiro atoms. The Morgan fingerprint density at radius 3 is 2.76 bits per heavy atom. The minimum absolute atomic E-state index is 0.115. The molecule has 1 aromatic heterocycles. The topological polar surface area (TPSA) is 72.0 Å². The van der Waals surface area contributed by atoms with Crippen LogP contribution in [0.25, 0.3) is 0 Å². The number of nitrogens with one attached hydrogen (secondary N) is 1. The van der Waals surface area contributed by atoms with E-state index in [4.69, 9.17) is 0 Å². The van der Waals surface area contributed by atoms with Crippen LogP contribution in [0, 0.1) is 5.82 Å². The number of rotatable bonds is 4. The lowest BCUT2D eigenvalue weighted by Crippen LogP contribution is -2.15. The molecule has 0 aliphatic carbocycles. The molecule has 0 saturated heterocycles. The third kappa shape index (κ3) is 3.21. The molecule has 0 aliphatic heterocycles. The van der Waals surface area contributed by atoms with Gasteiger partial charge in [-0.15, -0.1) is 10.2 Å². The Balaban J connectivity index is 2.16. The Labute approximate surface area is 101 Å². The van der Waals surface area contributed by atoms with E-state index in [1.165, 1.54) is 23.7 Å². The van der Waals surface area contributed by atoms with E-state index in [2.05, 4.69) is 14.9 Å². The van der Waals surface area contributed by atoms with Crippen molar-refractivity contribution in [3.8, 4) is 0 Å². The summed E-state index contributed by atoms with van der Waals surface area (Å²) >= 11 is 1.06. The van der Waals surface area contributed by atoms with Gasteiger partial charge in [0.25, 0.3) is 0 Å².